The molecule has 11 nitrogen and oxygen atoms in total. The first-order valence-corrected chi connectivity index (χ1v) is 10.7. The van der Waals surface area contributed by atoms with Crippen LogP contribution in [0.15, 0.2) is 42.7 Å². The number of nitrogens with zero attached hydrogens (tertiary/aromatic N) is 4. The Balaban J connectivity index is 1.38. The zero-order valence-electron chi connectivity index (χ0n) is 17.3. The highest BCUT2D eigenvalue weighted by molar-refractivity contribution is 7.17. The van der Waals surface area contributed by atoms with E-state index < -0.39 is 11.9 Å². The molecule has 1 saturated heterocycles. The molecule has 1 aromatic carbocycles. The van der Waals surface area contributed by atoms with Crippen molar-refractivity contribution >= 4 is 45.5 Å². The quantitative estimate of drug-likeness (QED) is 0.446. The van der Waals surface area contributed by atoms with Gasteiger partial charge in [0.1, 0.15) is 5.75 Å². The minimum Gasteiger partial charge on any atom is -0.497 e. The molecule has 0 saturated carbocycles. The van der Waals surface area contributed by atoms with Crippen LogP contribution in [0.3, 0.4) is 0 Å². The highest BCUT2D eigenvalue weighted by Crippen LogP contribution is 2.26. The van der Waals surface area contributed by atoms with Crippen LogP contribution in [-0.2, 0) is 0 Å². The van der Waals surface area contributed by atoms with Crippen LogP contribution in [0.1, 0.15) is 9.80 Å². The van der Waals surface area contributed by atoms with E-state index in [1.165, 1.54) is 0 Å². The Morgan fingerprint density at radius 3 is 2.78 bits per heavy atom. The maximum absolute atomic E-state index is 12.7. The van der Waals surface area contributed by atoms with Crippen molar-refractivity contribution in [2.45, 2.75) is 0 Å². The highest BCUT2D eigenvalue weighted by Gasteiger charge is 2.19. The van der Waals surface area contributed by atoms with Gasteiger partial charge in [-0.2, -0.15) is 0 Å². The van der Waals surface area contributed by atoms with E-state index in [2.05, 4.69) is 41.3 Å². The van der Waals surface area contributed by atoms with Crippen LogP contribution < -0.4 is 30.9 Å². The van der Waals surface area contributed by atoms with Crippen LogP contribution >= 0.6 is 11.3 Å². The summed E-state index contributed by atoms with van der Waals surface area (Å²) in [4.78, 5) is 31.2. The predicted octanol–water partition coefficient (Wildman–Crippen LogP) is 2.25. The number of anilines is 4. The molecule has 3 aromatic rings. The summed E-state index contributed by atoms with van der Waals surface area (Å²) in [7, 11) is 1.55. The first-order chi connectivity index (χ1) is 15.6. The fourth-order valence-electron chi connectivity index (χ4n) is 3.17. The topological polar surface area (TPSA) is 133 Å². The summed E-state index contributed by atoms with van der Waals surface area (Å²) in [5.74, 6) is 0.196. The molecule has 4 N–H and O–H groups in total. The summed E-state index contributed by atoms with van der Waals surface area (Å²) >= 11 is 0.973. The van der Waals surface area contributed by atoms with Gasteiger partial charge in [-0.25, -0.2) is 4.79 Å². The Labute approximate surface area is 188 Å². The second kappa shape index (κ2) is 10.0. The fraction of sp³-hybridized carbons (Fsp3) is 0.250. The van der Waals surface area contributed by atoms with Crippen molar-refractivity contribution in [3.05, 3.63) is 47.7 Å². The van der Waals surface area contributed by atoms with E-state index in [1.54, 1.807) is 43.8 Å². The number of hydrogen-bond donors (Lipinski definition) is 4. The zero-order chi connectivity index (χ0) is 22.3. The molecular formula is C20H22N8O3S. The summed E-state index contributed by atoms with van der Waals surface area (Å²) in [6.07, 6.45) is 3.30. The SMILES string of the molecule is COc1cccc(NC(=O)Nc2nnc(C(=O)Nc3cnccc3N3CCNCC3)s2)c1. The Morgan fingerprint density at radius 1 is 1.12 bits per heavy atom. The number of urea groups is 1. The summed E-state index contributed by atoms with van der Waals surface area (Å²) in [5.41, 5.74) is 2.05. The van der Waals surface area contributed by atoms with Crippen molar-refractivity contribution in [1.82, 2.24) is 20.5 Å². The molecule has 12 heteroatoms. The molecule has 4 rings (SSSR count). The first-order valence-electron chi connectivity index (χ1n) is 9.89. The molecule has 3 amide bonds. The van der Waals surface area contributed by atoms with Crippen molar-refractivity contribution < 1.29 is 14.3 Å². The van der Waals surface area contributed by atoms with Gasteiger partial charge >= 0.3 is 6.03 Å². The second-order valence-electron chi connectivity index (χ2n) is 6.81. The average Bonchev–Trinajstić information content (AvgIpc) is 3.28. The van der Waals surface area contributed by atoms with Crippen LogP contribution in [0.5, 0.6) is 5.75 Å². The summed E-state index contributed by atoms with van der Waals surface area (Å²) < 4.78 is 5.13. The number of ether oxygens (including phenoxy) is 1. The maximum Gasteiger partial charge on any atom is 0.325 e. The molecular weight excluding hydrogens is 432 g/mol. The Bertz CT molecular complexity index is 1100. The number of pyridine rings is 1. The molecule has 0 unspecified atom stereocenters. The van der Waals surface area contributed by atoms with E-state index in [-0.39, 0.29) is 10.1 Å². The molecule has 0 aliphatic carbocycles. The van der Waals surface area contributed by atoms with Gasteiger partial charge in [0.25, 0.3) is 5.91 Å². The Morgan fingerprint density at radius 2 is 1.97 bits per heavy atom. The number of carbonyl (C=O) groups excluding carboxylic acids is 2. The van der Waals surface area contributed by atoms with E-state index in [0.717, 1.165) is 43.2 Å². The van der Waals surface area contributed by atoms with Gasteiger partial charge in [-0.3, -0.25) is 15.1 Å². The number of carbonyl (C=O) groups is 2. The summed E-state index contributed by atoms with van der Waals surface area (Å²) in [6, 6.07) is 8.31. The third-order valence-electron chi connectivity index (χ3n) is 4.67. The molecule has 1 aliphatic heterocycles. The Kier molecular flexibility index (Phi) is 6.72. The monoisotopic (exact) mass is 454 g/mol. The van der Waals surface area contributed by atoms with Crippen molar-refractivity contribution in [3.8, 4) is 5.75 Å². The molecule has 32 heavy (non-hydrogen) atoms. The summed E-state index contributed by atoms with van der Waals surface area (Å²) in [5, 5.41) is 19.5. The standard InChI is InChI=1S/C20H22N8O3S/c1-31-14-4-2-3-13(11-14)23-19(30)25-20-27-26-18(32-20)17(29)24-15-12-22-6-5-16(15)28-9-7-21-8-10-28/h2-6,11-12,21H,7-10H2,1H3,(H,24,29)(H2,23,25,27,30). The third kappa shape index (κ3) is 5.28. The average molecular weight is 455 g/mol. The van der Waals surface area contributed by atoms with Crippen LogP contribution in [0, 0.1) is 0 Å². The summed E-state index contributed by atoms with van der Waals surface area (Å²) in [6.45, 7) is 3.42. The number of piperazine rings is 1. The predicted molar refractivity (Wildman–Crippen MR) is 123 cm³/mol. The molecule has 2 aromatic heterocycles. The van der Waals surface area contributed by atoms with Crippen molar-refractivity contribution in [2.24, 2.45) is 0 Å². The highest BCUT2D eigenvalue weighted by atomic mass is 32.1. The van der Waals surface area contributed by atoms with Crippen LogP contribution in [0.25, 0.3) is 0 Å². The first kappa shape index (κ1) is 21.5. The van der Waals surface area contributed by atoms with Gasteiger partial charge in [-0.05, 0) is 18.2 Å². The van der Waals surface area contributed by atoms with Crippen molar-refractivity contribution in [2.75, 3.05) is 54.1 Å². The number of amides is 3. The van der Waals surface area contributed by atoms with E-state index >= 15 is 0 Å². The van der Waals surface area contributed by atoms with Gasteiger partial charge in [0.05, 0.1) is 24.7 Å². The zero-order valence-corrected chi connectivity index (χ0v) is 18.1. The van der Waals surface area contributed by atoms with Crippen molar-refractivity contribution in [1.29, 1.82) is 0 Å². The largest absolute Gasteiger partial charge is 0.497 e. The van der Waals surface area contributed by atoms with Crippen LogP contribution in [0.2, 0.25) is 0 Å². The maximum atomic E-state index is 12.7. The Hall–Kier alpha value is -3.77. The number of methoxy groups -OCH3 is 1. The molecule has 166 valence electrons. The van der Waals surface area contributed by atoms with Gasteiger partial charge in [0.15, 0.2) is 0 Å². The molecule has 0 bridgehead atoms. The lowest BCUT2D eigenvalue weighted by Gasteiger charge is -2.30. The molecule has 3 heterocycles. The van der Waals surface area contributed by atoms with Gasteiger partial charge < -0.3 is 25.6 Å². The number of aromatic nitrogens is 3. The molecule has 0 radical (unpaired) electrons. The fourth-order valence-corrected chi connectivity index (χ4v) is 3.80. The van der Waals surface area contributed by atoms with E-state index in [9.17, 15) is 9.59 Å². The van der Waals surface area contributed by atoms with E-state index in [1.807, 2.05) is 6.07 Å². The molecule has 1 fully saturated rings. The lowest BCUT2D eigenvalue weighted by molar-refractivity contribution is 0.102. The van der Waals surface area contributed by atoms with Gasteiger partial charge in [0, 0.05) is 44.1 Å². The molecule has 0 atom stereocenters. The second-order valence-corrected chi connectivity index (χ2v) is 7.78. The normalized spacial score (nSPS) is 13.3. The minimum atomic E-state index is -0.505. The lowest BCUT2D eigenvalue weighted by Crippen LogP contribution is -2.43. The lowest BCUT2D eigenvalue weighted by atomic mass is 10.2. The molecule has 0 spiro atoms. The van der Waals surface area contributed by atoms with E-state index in [4.69, 9.17) is 4.74 Å². The number of benzene rings is 1. The van der Waals surface area contributed by atoms with Crippen LogP contribution in [-0.4, -0.2) is 60.4 Å². The van der Waals surface area contributed by atoms with Gasteiger partial charge in [-0.1, -0.05) is 17.4 Å². The van der Waals surface area contributed by atoms with E-state index in [0.29, 0.717) is 17.1 Å². The van der Waals surface area contributed by atoms with Crippen LogP contribution in [0.4, 0.5) is 27.0 Å². The third-order valence-corrected chi connectivity index (χ3v) is 5.51. The minimum absolute atomic E-state index is 0.122. The number of nitrogens with one attached hydrogen (secondary N) is 4. The van der Waals surface area contributed by atoms with Gasteiger partial charge in [0.2, 0.25) is 10.1 Å². The molecule has 1 aliphatic rings. The smallest absolute Gasteiger partial charge is 0.325 e. The number of hydrogen-bond acceptors (Lipinski definition) is 9. The number of rotatable bonds is 6. The van der Waals surface area contributed by atoms with Crippen molar-refractivity contribution in [3.63, 3.8) is 0 Å². The van der Waals surface area contributed by atoms with Gasteiger partial charge in [-0.15, -0.1) is 10.2 Å².